The average molecular weight is 364 g/mol. The highest BCUT2D eigenvalue weighted by molar-refractivity contribution is 5.91. The van der Waals surface area contributed by atoms with Crippen molar-refractivity contribution in [2.45, 2.75) is 26.3 Å². The normalized spacial score (nSPS) is 13.9. The van der Waals surface area contributed by atoms with Crippen LogP contribution in [-0.2, 0) is 19.4 Å². The van der Waals surface area contributed by atoms with E-state index in [4.69, 9.17) is 4.42 Å². The summed E-state index contributed by atoms with van der Waals surface area (Å²) in [6.07, 6.45) is 1.31. The van der Waals surface area contributed by atoms with Crippen molar-refractivity contribution in [1.29, 1.82) is 0 Å². The van der Waals surface area contributed by atoms with Crippen LogP contribution >= 0.6 is 0 Å². The minimum Gasteiger partial charge on any atom is -0.456 e. The lowest BCUT2D eigenvalue weighted by molar-refractivity contribution is 0.0721. The number of carbonyl (C=O) groups is 1. The first-order valence-electron chi connectivity index (χ1n) is 8.96. The Kier molecular flexibility index (Phi) is 4.58. The summed E-state index contributed by atoms with van der Waals surface area (Å²) in [5.74, 6) is 1.91. The molecule has 0 bridgehead atoms. The van der Waals surface area contributed by atoms with Gasteiger partial charge < -0.3 is 9.32 Å². The molecule has 0 saturated carbocycles. The van der Waals surface area contributed by atoms with Crippen molar-refractivity contribution >= 4 is 5.91 Å². The highest BCUT2D eigenvalue weighted by Crippen LogP contribution is 2.13. The number of fused-ring (bicyclic) bond motifs is 1. The number of aromatic nitrogens is 3. The molecule has 0 unspecified atom stereocenters. The minimum absolute atomic E-state index is 0.0808. The fourth-order valence-electron chi connectivity index (χ4n) is 3.27. The molecule has 2 aromatic heterocycles. The van der Waals surface area contributed by atoms with Crippen molar-refractivity contribution < 1.29 is 9.21 Å². The van der Waals surface area contributed by atoms with Gasteiger partial charge >= 0.3 is 0 Å². The van der Waals surface area contributed by atoms with Gasteiger partial charge in [-0.2, -0.15) is 5.10 Å². The molecule has 4 rings (SSSR count). The molecule has 27 heavy (non-hydrogen) atoms. The highest BCUT2D eigenvalue weighted by atomic mass is 16.3. The third-order valence-corrected chi connectivity index (χ3v) is 4.57. The van der Waals surface area contributed by atoms with Gasteiger partial charge in [0.1, 0.15) is 11.6 Å². The summed E-state index contributed by atoms with van der Waals surface area (Å²) in [6.45, 7) is 3.24. The van der Waals surface area contributed by atoms with E-state index in [0.29, 0.717) is 38.2 Å². The summed E-state index contributed by atoms with van der Waals surface area (Å²) in [4.78, 5) is 30.6. The average Bonchev–Trinajstić information content (AvgIpc) is 2.92. The van der Waals surface area contributed by atoms with E-state index in [-0.39, 0.29) is 17.1 Å². The van der Waals surface area contributed by atoms with Crippen LogP contribution in [0.25, 0.3) is 0 Å². The van der Waals surface area contributed by atoms with Gasteiger partial charge in [0.15, 0.2) is 17.0 Å². The number of carbonyl (C=O) groups excluding carboxylic acids is 1. The molecule has 0 fully saturated rings. The number of benzene rings is 1. The van der Waals surface area contributed by atoms with Crippen molar-refractivity contribution in [3.05, 3.63) is 81.4 Å². The Morgan fingerprint density at radius 1 is 1.15 bits per heavy atom. The summed E-state index contributed by atoms with van der Waals surface area (Å²) < 4.78 is 7.30. The van der Waals surface area contributed by atoms with Crippen molar-refractivity contribution in [3.63, 3.8) is 0 Å². The summed E-state index contributed by atoms with van der Waals surface area (Å²) in [7, 11) is 0. The Balaban J connectivity index is 1.47. The van der Waals surface area contributed by atoms with Crippen LogP contribution in [0.1, 0.15) is 33.5 Å². The molecular weight excluding hydrogens is 344 g/mol. The van der Waals surface area contributed by atoms with Gasteiger partial charge in [-0.25, -0.2) is 9.67 Å². The van der Waals surface area contributed by atoms with E-state index in [9.17, 15) is 9.59 Å². The molecule has 1 amide bonds. The first-order valence-corrected chi connectivity index (χ1v) is 8.96. The molecule has 138 valence electrons. The van der Waals surface area contributed by atoms with Gasteiger partial charge in [-0.1, -0.05) is 30.3 Å². The number of nitrogens with zero attached hydrogens (tertiary/aromatic N) is 4. The van der Waals surface area contributed by atoms with E-state index in [1.54, 1.807) is 11.8 Å². The van der Waals surface area contributed by atoms with Gasteiger partial charge in [0.05, 0.1) is 6.54 Å². The third kappa shape index (κ3) is 3.81. The van der Waals surface area contributed by atoms with Crippen LogP contribution in [0.3, 0.4) is 0 Å². The number of aryl methyl sites for hydroxylation is 1. The predicted molar refractivity (Wildman–Crippen MR) is 98.6 cm³/mol. The van der Waals surface area contributed by atoms with E-state index in [2.05, 4.69) is 22.2 Å². The largest absolute Gasteiger partial charge is 0.456 e. The number of hydrogen-bond acceptors (Lipinski definition) is 5. The Morgan fingerprint density at radius 3 is 2.74 bits per heavy atom. The lowest BCUT2D eigenvalue weighted by Gasteiger charge is -2.19. The molecule has 7 nitrogen and oxygen atoms in total. The zero-order valence-corrected chi connectivity index (χ0v) is 15.1. The molecule has 0 radical (unpaired) electrons. The van der Waals surface area contributed by atoms with Gasteiger partial charge in [0, 0.05) is 38.1 Å². The fourth-order valence-corrected chi connectivity index (χ4v) is 3.27. The van der Waals surface area contributed by atoms with Crippen LogP contribution in [0.2, 0.25) is 0 Å². The minimum atomic E-state index is -0.272. The van der Waals surface area contributed by atoms with Crippen molar-refractivity contribution in [2.75, 3.05) is 13.1 Å². The van der Waals surface area contributed by atoms with Crippen LogP contribution in [0, 0.1) is 6.92 Å². The SMILES string of the molecule is Cc1cc(=O)cc(C(=O)N2CCc3nc(Cc4ccccc4)nn3CC2)o1. The van der Waals surface area contributed by atoms with E-state index < -0.39 is 0 Å². The molecule has 1 aliphatic rings. The molecule has 7 heteroatoms. The lowest BCUT2D eigenvalue weighted by Crippen LogP contribution is -2.34. The van der Waals surface area contributed by atoms with Gasteiger partial charge in [-0.3, -0.25) is 9.59 Å². The van der Waals surface area contributed by atoms with E-state index in [0.717, 1.165) is 11.6 Å². The molecule has 0 aliphatic carbocycles. The second kappa shape index (κ2) is 7.19. The second-order valence-electron chi connectivity index (χ2n) is 6.64. The second-order valence-corrected chi connectivity index (χ2v) is 6.64. The summed E-state index contributed by atoms with van der Waals surface area (Å²) >= 11 is 0. The molecule has 0 atom stereocenters. The molecule has 3 heterocycles. The standard InChI is InChI=1S/C20H20N4O3/c1-14-11-16(25)13-17(27-14)20(26)23-8-7-19-21-18(22-24(19)10-9-23)12-15-5-3-2-4-6-15/h2-6,11,13H,7-10,12H2,1H3. The summed E-state index contributed by atoms with van der Waals surface area (Å²) in [5.41, 5.74) is 0.946. The van der Waals surface area contributed by atoms with Crippen LogP contribution < -0.4 is 5.43 Å². The smallest absolute Gasteiger partial charge is 0.289 e. The predicted octanol–water partition coefficient (Wildman–Crippen LogP) is 1.83. The Hall–Kier alpha value is -3.22. The van der Waals surface area contributed by atoms with Crippen LogP contribution in [-0.4, -0.2) is 38.7 Å². The van der Waals surface area contributed by atoms with Crippen molar-refractivity contribution in [2.24, 2.45) is 0 Å². The van der Waals surface area contributed by atoms with Gasteiger partial charge in [-0.05, 0) is 12.5 Å². The molecule has 3 aromatic rings. The quantitative estimate of drug-likeness (QED) is 0.708. The Morgan fingerprint density at radius 2 is 1.96 bits per heavy atom. The van der Waals surface area contributed by atoms with Crippen LogP contribution in [0.4, 0.5) is 0 Å². The van der Waals surface area contributed by atoms with Gasteiger partial charge in [0.25, 0.3) is 5.91 Å². The van der Waals surface area contributed by atoms with E-state index in [1.165, 1.54) is 17.7 Å². The maximum atomic E-state index is 12.7. The molecule has 1 aromatic carbocycles. The van der Waals surface area contributed by atoms with Gasteiger partial charge in [-0.15, -0.1) is 0 Å². The molecule has 0 N–H and O–H groups in total. The van der Waals surface area contributed by atoms with Crippen LogP contribution in [0.5, 0.6) is 0 Å². The lowest BCUT2D eigenvalue weighted by atomic mass is 10.1. The van der Waals surface area contributed by atoms with Gasteiger partial charge in [0.2, 0.25) is 0 Å². The maximum Gasteiger partial charge on any atom is 0.289 e. The van der Waals surface area contributed by atoms with Crippen LogP contribution in [0.15, 0.2) is 51.7 Å². The van der Waals surface area contributed by atoms with E-state index >= 15 is 0 Å². The molecule has 0 spiro atoms. The third-order valence-electron chi connectivity index (χ3n) is 4.57. The molecule has 1 aliphatic heterocycles. The zero-order valence-electron chi connectivity index (χ0n) is 15.1. The first kappa shape index (κ1) is 17.2. The van der Waals surface area contributed by atoms with Crippen molar-refractivity contribution in [3.8, 4) is 0 Å². The zero-order chi connectivity index (χ0) is 18.8. The first-order chi connectivity index (χ1) is 13.1. The highest BCUT2D eigenvalue weighted by Gasteiger charge is 2.23. The summed E-state index contributed by atoms with van der Waals surface area (Å²) in [5, 5.41) is 4.59. The number of hydrogen-bond donors (Lipinski definition) is 0. The molecular formula is C20H20N4O3. The van der Waals surface area contributed by atoms with Crippen molar-refractivity contribution in [1.82, 2.24) is 19.7 Å². The van der Waals surface area contributed by atoms with E-state index in [1.807, 2.05) is 22.9 Å². The number of rotatable bonds is 3. The maximum absolute atomic E-state index is 12.7. The Bertz CT molecular complexity index is 998. The fraction of sp³-hybridized carbons (Fsp3) is 0.300. The molecule has 0 saturated heterocycles. The monoisotopic (exact) mass is 364 g/mol. The topological polar surface area (TPSA) is 81.2 Å². The summed E-state index contributed by atoms with van der Waals surface area (Å²) in [6, 6.07) is 12.7. The Labute approximate surface area is 156 Å². The number of amides is 1.